The first kappa shape index (κ1) is 13.3. The van der Waals surface area contributed by atoms with E-state index in [0.29, 0.717) is 13.0 Å². The molecule has 1 aliphatic rings. The Morgan fingerprint density at radius 2 is 2.05 bits per heavy atom. The van der Waals surface area contributed by atoms with E-state index in [9.17, 15) is 4.79 Å². The Hall–Kier alpha value is -1.65. The van der Waals surface area contributed by atoms with Crippen molar-refractivity contribution >= 4 is 17.2 Å². The van der Waals surface area contributed by atoms with Crippen LogP contribution in [-0.4, -0.2) is 17.4 Å². The molecule has 1 aromatic carbocycles. The average Bonchev–Trinajstić information content (AvgIpc) is 2.95. The highest BCUT2D eigenvalue weighted by Crippen LogP contribution is 2.24. The van der Waals surface area contributed by atoms with E-state index in [2.05, 4.69) is 11.4 Å². The standard InChI is InChI=1S/C16H18N2OS/c17-10-13-4-2-1-3-12(13)9-16(19)18-7-5-15-14(11-18)6-8-20-15/h1-4,6,8H,5,7,9-11,17H2. The third-order valence-electron chi connectivity index (χ3n) is 3.84. The number of benzene rings is 1. The van der Waals surface area contributed by atoms with Crippen molar-refractivity contribution in [1.82, 2.24) is 4.90 Å². The Morgan fingerprint density at radius 1 is 1.25 bits per heavy atom. The first-order valence-corrected chi connectivity index (χ1v) is 7.76. The van der Waals surface area contributed by atoms with Gasteiger partial charge in [0.1, 0.15) is 0 Å². The molecule has 1 amide bonds. The molecule has 0 spiro atoms. The Labute approximate surface area is 123 Å². The first-order chi connectivity index (χ1) is 9.78. The van der Waals surface area contributed by atoms with Crippen LogP contribution < -0.4 is 5.73 Å². The summed E-state index contributed by atoms with van der Waals surface area (Å²) in [6.45, 7) is 2.07. The topological polar surface area (TPSA) is 46.3 Å². The minimum atomic E-state index is 0.197. The second kappa shape index (κ2) is 5.77. The fraction of sp³-hybridized carbons (Fsp3) is 0.312. The molecule has 3 nitrogen and oxygen atoms in total. The van der Waals surface area contributed by atoms with Gasteiger partial charge in [0.15, 0.2) is 0 Å². The molecule has 0 radical (unpaired) electrons. The molecule has 0 atom stereocenters. The number of carbonyl (C=O) groups excluding carboxylic acids is 1. The summed E-state index contributed by atoms with van der Waals surface area (Å²) in [7, 11) is 0. The SMILES string of the molecule is NCc1ccccc1CC(=O)N1CCc2sccc2C1. The van der Waals surface area contributed by atoms with E-state index >= 15 is 0 Å². The molecule has 2 N–H and O–H groups in total. The van der Waals surface area contributed by atoms with Crippen molar-refractivity contribution in [2.45, 2.75) is 25.9 Å². The van der Waals surface area contributed by atoms with E-state index in [-0.39, 0.29) is 5.91 Å². The number of amides is 1. The molecule has 0 saturated heterocycles. The number of carbonyl (C=O) groups is 1. The van der Waals surface area contributed by atoms with Crippen LogP contribution in [0.15, 0.2) is 35.7 Å². The number of hydrogen-bond acceptors (Lipinski definition) is 3. The number of fused-ring (bicyclic) bond motifs is 1. The van der Waals surface area contributed by atoms with Gasteiger partial charge in [-0.15, -0.1) is 11.3 Å². The fourth-order valence-corrected chi connectivity index (χ4v) is 3.55. The van der Waals surface area contributed by atoms with Gasteiger partial charge < -0.3 is 10.6 Å². The summed E-state index contributed by atoms with van der Waals surface area (Å²) < 4.78 is 0. The number of nitrogens with two attached hydrogens (primary N) is 1. The summed E-state index contributed by atoms with van der Waals surface area (Å²) >= 11 is 1.79. The van der Waals surface area contributed by atoms with Crippen LogP contribution >= 0.6 is 11.3 Å². The number of hydrogen-bond donors (Lipinski definition) is 1. The van der Waals surface area contributed by atoms with Gasteiger partial charge in [-0.3, -0.25) is 4.79 Å². The summed E-state index contributed by atoms with van der Waals surface area (Å²) in [5.74, 6) is 0.197. The van der Waals surface area contributed by atoms with Crippen LogP contribution in [0.4, 0.5) is 0 Å². The van der Waals surface area contributed by atoms with Gasteiger partial charge in [0.05, 0.1) is 6.42 Å². The maximum atomic E-state index is 12.5. The van der Waals surface area contributed by atoms with Crippen LogP contribution in [0.1, 0.15) is 21.6 Å². The van der Waals surface area contributed by atoms with Crippen LogP contribution in [0.3, 0.4) is 0 Å². The lowest BCUT2D eigenvalue weighted by molar-refractivity contribution is -0.131. The maximum Gasteiger partial charge on any atom is 0.227 e. The molecule has 2 heterocycles. The highest BCUT2D eigenvalue weighted by atomic mass is 32.1. The number of nitrogens with zero attached hydrogens (tertiary/aromatic N) is 1. The normalized spacial score (nSPS) is 14.2. The molecule has 0 saturated carbocycles. The third-order valence-corrected chi connectivity index (χ3v) is 4.86. The maximum absolute atomic E-state index is 12.5. The summed E-state index contributed by atoms with van der Waals surface area (Å²) in [6.07, 6.45) is 1.43. The minimum Gasteiger partial charge on any atom is -0.338 e. The lowest BCUT2D eigenvalue weighted by Crippen LogP contribution is -2.36. The van der Waals surface area contributed by atoms with Crippen molar-refractivity contribution in [3.8, 4) is 0 Å². The Balaban J connectivity index is 1.71. The van der Waals surface area contributed by atoms with Crippen molar-refractivity contribution in [2.75, 3.05) is 6.54 Å². The van der Waals surface area contributed by atoms with E-state index in [4.69, 9.17) is 5.73 Å². The molecule has 4 heteroatoms. The van der Waals surface area contributed by atoms with Crippen molar-refractivity contribution in [1.29, 1.82) is 0 Å². The quantitative estimate of drug-likeness (QED) is 0.941. The van der Waals surface area contributed by atoms with E-state index in [0.717, 1.165) is 30.6 Å². The average molecular weight is 286 g/mol. The van der Waals surface area contributed by atoms with Crippen molar-refractivity contribution in [2.24, 2.45) is 5.73 Å². The molecule has 1 aromatic heterocycles. The minimum absolute atomic E-state index is 0.197. The molecule has 0 bridgehead atoms. The van der Waals surface area contributed by atoms with Gasteiger partial charge >= 0.3 is 0 Å². The fourth-order valence-electron chi connectivity index (χ4n) is 2.67. The van der Waals surface area contributed by atoms with Crippen molar-refractivity contribution in [3.05, 3.63) is 57.3 Å². The molecule has 1 aliphatic heterocycles. The highest BCUT2D eigenvalue weighted by molar-refractivity contribution is 7.10. The Morgan fingerprint density at radius 3 is 2.85 bits per heavy atom. The van der Waals surface area contributed by atoms with Gasteiger partial charge in [0, 0.05) is 24.5 Å². The monoisotopic (exact) mass is 286 g/mol. The van der Waals surface area contributed by atoms with E-state index in [1.807, 2.05) is 29.2 Å². The van der Waals surface area contributed by atoms with Crippen molar-refractivity contribution < 1.29 is 4.79 Å². The Kier molecular flexibility index (Phi) is 3.85. The van der Waals surface area contributed by atoms with E-state index < -0.39 is 0 Å². The molecule has 2 aromatic rings. The predicted octanol–water partition coefficient (Wildman–Crippen LogP) is 2.33. The molecule has 0 aliphatic carbocycles. The van der Waals surface area contributed by atoms with Gasteiger partial charge in [-0.1, -0.05) is 24.3 Å². The lowest BCUT2D eigenvalue weighted by Gasteiger charge is -2.27. The lowest BCUT2D eigenvalue weighted by atomic mass is 10.0. The zero-order valence-corrected chi connectivity index (χ0v) is 12.2. The van der Waals surface area contributed by atoms with E-state index in [1.165, 1.54) is 10.4 Å². The zero-order chi connectivity index (χ0) is 13.9. The summed E-state index contributed by atoms with van der Waals surface area (Å²) in [5, 5.41) is 2.11. The van der Waals surface area contributed by atoms with Gasteiger partial charge in [0.2, 0.25) is 5.91 Å². The van der Waals surface area contributed by atoms with Crippen LogP contribution in [0, 0.1) is 0 Å². The summed E-state index contributed by atoms with van der Waals surface area (Å²) in [6, 6.07) is 10.1. The van der Waals surface area contributed by atoms with Crippen LogP contribution in [0.2, 0.25) is 0 Å². The molecule has 0 fully saturated rings. The predicted molar refractivity (Wildman–Crippen MR) is 81.5 cm³/mol. The second-order valence-corrected chi connectivity index (χ2v) is 6.08. The van der Waals surface area contributed by atoms with Gasteiger partial charge in [-0.25, -0.2) is 0 Å². The summed E-state index contributed by atoms with van der Waals surface area (Å²) in [4.78, 5) is 15.8. The van der Waals surface area contributed by atoms with Crippen LogP contribution in [0.25, 0.3) is 0 Å². The summed E-state index contributed by atoms with van der Waals surface area (Å²) in [5.41, 5.74) is 9.15. The molecule has 20 heavy (non-hydrogen) atoms. The molecular weight excluding hydrogens is 268 g/mol. The van der Waals surface area contributed by atoms with Crippen LogP contribution in [0.5, 0.6) is 0 Å². The number of thiophene rings is 1. The molecular formula is C16H18N2OS. The Bertz CT molecular complexity index is 620. The second-order valence-electron chi connectivity index (χ2n) is 5.08. The third kappa shape index (κ3) is 2.62. The highest BCUT2D eigenvalue weighted by Gasteiger charge is 2.21. The zero-order valence-electron chi connectivity index (χ0n) is 11.3. The van der Waals surface area contributed by atoms with Gasteiger partial charge in [0.25, 0.3) is 0 Å². The molecule has 0 unspecified atom stereocenters. The molecule has 104 valence electrons. The number of rotatable bonds is 3. The largest absolute Gasteiger partial charge is 0.338 e. The van der Waals surface area contributed by atoms with Crippen molar-refractivity contribution in [3.63, 3.8) is 0 Å². The van der Waals surface area contributed by atoms with E-state index in [1.54, 1.807) is 11.3 Å². The smallest absolute Gasteiger partial charge is 0.227 e. The molecule has 3 rings (SSSR count). The first-order valence-electron chi connectivity index (χ1n) is 6.88. The van der Waals surface area contributed by atoms with Gasteiger partial charge in [-0.05, 0) is 34.6 Å². The van der Waals surface area contributed by atoms with Gasteiger partial charge in [-0.2, -0.15) is 0 Å². The van der Waals surface area contributed by atoms with Crippen LogP contribution in [-0.2, 0) is 30.7 Å².